The highest BCUT2D eigenvalue weighted by molar-refractivity contribution is 5.83. The molecule has 0 saturated heterocycles. The van der Waals surface area contributed by atoms with Gasteiger partial charge in [-0.05, 0) is 18.9 Å². The third-order valence-corrected chi connectivity index (χ3v) is 3.71. The summed E-state index contributed by atoms with van der Waals surface area (Å²) in [6.45, 7) is 0. The van der Waals surface area contributed by atoms with Crippen molar-refractivity contribution >= 4 is 16.9 Å². The molecule has 1 heterocycles. The van der Waals surface area contributed by atoms with Gasteiger partial charge in [0.25, 0.3) is 0 Å². The predicted octanol–water partition coefficient (Wildman–Crippen LogP) is 2.39. The third-order valence-electron chi connectivity index (χ3n) is 3.71. The molecule has 1 aromatic carbocycles. The average Bonchev–Trinajstić information content (AvgIpc) is 2.95. The molecule has 0 bridgehead atoms. The van der Waals surface area contributed by atoms with Crippen molar-refractivity contribution in [3.8, 4) is 0 Å². The van der Waals surface area contributed by atoms with Gasteiger partial charge in [-0.25, -0.2) is 9.48 Å². The van der Waals surface area contributed by atoms with E-state index in [2.05, 4.69) is 5.10 Å². The Morgan fingerprint density at radius 3 is 2.71 bits per heavy atom. The molecule has 1 aliphatic carbocycles. The maximum absolute atomic E-state index is 11.6. The number of hydrogen-bond acceptors (Lipinski definition) is 2. The number of rotatable bonds is 2. The highest BCUT2D eigenvalue weighted by atomic mass is 16.4. The van der Waals surface area contributed by atoms with Gasteiger partial charge in [-0.2, -0.15) is 5.10 Å². The van der Waals surface area contributed by atoms with Crippen LogP contribution in [0.25, 0.3) is 10.9 Å². The van der Waals surface area contributed by atoms with E-state index in [9.17, 15) is 9.90 Å². The van der Waals surface area contributed by atoms with Crippen molar-refractivity contribution in [1.29, 1.82) is 0 Å². The van der Waals surface area contributed by atoms with Crippen LogP contribution in [-0.4, -0.2) is 20.9 Å². The summed E-state index contributed by atoms with van der Waals surface area (Å²) in [5, 5.41) is 14.8. The Kier molecular flexibility index (Phi) is 2.18. The van der Waals surface area contributed by atoms with Crippen molar-refractivity contribution in [2.75, 3.05) is 0 Å². The van der Waals surface area contributed by atoms with E-state index in [0.717, 1.165) is 23.7 Å². The molecule has 0 spiro atoms. The number of benzene rings is 1. The van der Waals surface area contributed by atoms with Crippen molar-refractivity contribution in [3.63, 3.8) is 0 Å². The molecule has 0 unspecified atom stereocenters. The van der Waals surface area contributed by atoms with E-state index in [0.29, 0.717) is 12.8 Å². The van der Waals surface area contributed by atoms with E-state index >= 15 is 0 Å². The molecule has 0 aliphatic heterocycles. The second-order valence-corrected chi connectivity index (χ2v) is 4.66. The first-order valence-electron chi connectivity index (χ1n) is 5.91. The van der Waals surface area contributed by atoms with Crippen LogP contribution in [-0.2, 0) is 10.3 Å². The lowest BCUT2D eigenvalue weighted by Gasteiger charge is -2.25. The molecule has 0 atom stereocenters. The Morgan fingerprint density at radius 2 is 2.00 bits per heavy atom. The number of fused-ring (bicyclic) bond motifs is 1. The van der Waals surface area contributed by atoms with E-state index in [4.69, 9.17) is 0 Å². The Morgan fingerprint density at radius 1 is 1.29 bits per heavy atom. The number of carbonyl (C=O) groups is 1. The van der Waals surface area contributed by atoms with Gasteiger partial charge in [-0.3, -0.25) is 0 Å². The topological polar surface area (TPSA) is 55.1 Å². The zero-order valence-electron chi connectivity index (χ0n) is 9.47. The van der Waals surface area contributed by atoms with E-state index in [1.54, 1.807) is 10.9 Å². The van der Waals surface area contributed by atoms with Gasteiger partial charge >= 0.3 is 5.97 Å². The normalized spacial score (nSPS) is 18.6. The number of nitrogens with zero attached hydrogens (tertiary/aromatic N) is 2. The van der Waals surface area contributed by atoms with Crippen molar-refractivity contribution < 1.29 is 9.90 Å². The van der Waals surface area contributed by atoms with Crippen LogP contribution >= 0.6 is 0 Å². The zero-order valence-corrected chi connectivity index (χ0v) is 9.47. The fraction of sp³-hybridized carbons (Fsp3) is 0.385. The molecule has 4 heteroatoms. The lowest BCUT2D eigenvalue weighted by atomic mass is 9.98. The molecular weight excluding hydrogens is 216 g/mol. The summed E-state index contributed by atoms with van der Waals surface area (Å²) in [5.41, 5.74) is 0.0834. The Balaban J connectivity index is 2.22. The van der Waals surface area contributed by atoms with Crippen LogP contribution in [0.15, 0.2) is 30.5 Å². The largest absolute Gasteiger partial charge is 0.479 e. The van der Waals surface area contributed by atoms with Gasteiger partial charge in [-0.1, -0.05) is 31.0 Å². The van der Waals surface area contributed by atoms with Gasteiger partial charge in [0, 0.05) is 5.39 Å². The maximum atomic E-state index is 11.6. The first-order chi connectivity index (χ1) is 8.24. The van der Waals surface area contributed by atoms with Crippen molar-refractivity contribution in [2.24, 2.45) is 0 Å². The fourth-order valence-electron chi connectivity index (χ4n) is 2.79. The summed E-state index contributed by atoms with van der Waals surface area (Å²) in [7, 11) is 0. The lowest BCUT2D eigenvalue weighted by molar-refractivity contribution is -0.147. The standard InChI is InChI=1S/C13H14N2O2/c16-12(17)13(7-3-4-8-13)15-11-6-2-1-5-10(11)9-14-15/h1-2,5-6,9H,3-4,7-8H2,(H,16,17). The van der Waals surface area contributed by atoms with Crippen molar-refractivity contribution in [2.45, 2.75) is 31.2 Å². The number of carboxylic acids is 1. The van der Waals surface area contributed by atoms with Gasteiger partial charge in [0.2, 0.25) is 0 Å². The first-order valence-corrected chi connectivity index (χ1v) is 5.91. The van der Waals surface area contributed by atoms with Gasteiger partial charge in [0.05, 0.1) is 11.7 Å². The molecule has 1 N–H and O–H groups in total. The molecule has 1 aromatic heterocycles. The summed E-state index contributed by atoms with van der Waals surface area (Å²) in [4.78, 5) is 11.6. The van der Waals surface area contributed by atoms with E-state index in [1.807, 2.05) is 24.3 Å². The number of para-hydroxylation sites is 1. The van der Waals surface area contributed by atoms with Gasteiger partial charge in [-0.15, -0.1) is 0 Å². The highest BCUT2D eigenvalue weighted by Gasteiger charge is 2.44. The summed E-state index contributed by atoms with van der Waals surface area (Å²) in [6, 6.07) is 7.76. The van der Waals surface area contributed by atoms with Crippen LogP contribution < -0.4 is 0 Å². The maximum Gasteiger partial charge on any atom is 0.331 e. The fourth-order valence-corrected chi connectivity index (χ4v) is 2.79. The molecular formula is C13H14N2O2. The SMILES string of the molecule is O=C(O)C1(n2ncc3ccccc32)CCCC1. The predicted molar refractivity (Wildman–Crippen MR) is 63.8 cm³/mol. The van der Waals surface area contributed by atoms with Gasteiger partial charge in [0.15, 0.2) is 5.54 Å². The van der Waals surface area contributed by atoms with E-state index in [-0.39, 0.29) is 0 Å². The molecule has 17 heavy (non-hydrogen) atoms. The molecule has 1 aliphatic rings. The van der Waals surface area contributed by atoms with E-state index < -0.39 is 11.5 Å². The minimum Gasteiger partial charge on any atom is -0.479 e. The van der Waals surface area contributed by atoms with Crippen LogP contribution in [0.5, 0.6) is 0 Å². The molecule has 88 valence electrons. The number of aliphatic carboxylic acids is 1. The minimum absolute atomic E-state index is 0.675. The average molecular weight is 230 g/mol. The molecule has 0 amide bonds. The summed E-state index contributed by atoms with van der Waals surface area (Å²) < 4.78 is 1.71. The Bertz CT molecular complexity index is 568. The smallest absolute Gasteiger partial charge is 0.331 e. The molecule has 3 rings (SSSR count). The zero-order chi connectivity index (χ0) is 11.9. The Labute approximate surface area is 98.9 Å². The second kappa shape index (κ2) is 3.58. The van der Waals surface area contributed by atoms with Crippen LogP contribution in [0.1, 0.15) is 25.7 Å². The minimum atomic E-state index is -0.830. The molecule has 1 fully saturated rings. The van der Waals surface area contributed by atoms with Gasteiger partial charge < -0.3 is 5.11 Å². The summed E-state index contributed by atoms with van der Waals surface area (Å²) >= 11 is 0. The third kappa shape index (κ3) is 1.37. The number of carboxylic acid groups (broad SMARTS) is 1. The number of aromatic nitrogens is 2. The quantitative estimate of drug-likeness (QED) is 0.861. The molecule has 4 nitrogen and oxygen atoms in total. The lowest BCUT2D eigenvalue weighted by Crippen LogP contribution is -2.39. The first kappa shape index (κ1) is 10.3. The second-order valence-electron chi connectivity index (χ2n) is 4.66. The summed E-state index contributed by atoms with van der Waals surface area (Å²) in [5.74, 6) is -0.760. The van der Waals surface area contributed by atoms with Crippen LogP contribution in [0.2, 0.25) is 0 Å². The molecule has 2 aromatic rings. The van der Waals surface area contributed by atoms with Crippen molar-refractivity contribution in [1.82, 2.24) is 9.78 Å². The van der Waals surface area contributed by atoms with E-state index in [1.165, 1.54) is 0 Å². The Hall–Kier alpha value is -1.84. The molecule has 0 radical (unpaired) electrons. The van der Waals surface area contributed by atoms with Crippen LogP contribution in [0, 0.1) is 0 Å². The molecule has 1 saturated carbocycles. The van der Waals surface area contributed by atoms with Gasteiger partial charge in [0.1, 0.15) is 0 Å². The summed E-state index contributed by atoms with van der Waals surface area (Å²) in [6.07, 6.45) is 5.02. The van der Waals surface area contributed by atoms with Crippen molar-refractivity contribution in [3.05, 3.63) is 30.5 Å². The monoisotopic (exact) mass is 230 g/mol. The van der Waals surface area contributed by atoms with Crippen LogP contribution in [0.4, 0.5) is 0 Å². The number of hydrogen-bond donors (Lipinski definition) is 1. The highest BCUT2D eigenvalue weighted by Crippen LogP contribution is 2.38. The van der Waals surface area contributed by atoms with Crippen LogP contribution in [0.3, 0.4) is 0 Å².